The summed E-state index contributed by atoms with van der Waals surface area (Å²) in [4.78, 5) is 17.9. The molecule has 1 atom stereocenters. The number of benzene rings is 1. The first kappa shape index (κ1) is 16.3. The Bertz CT molecular complexity index is 728. The molecule has 1 aliphatic heterocycles. The number of nitrogens with two attached hydrogens (primary N) is 1. The van der Waals surface area contributed by atoms with Crippen molar-refractivity contribution in [3.63, 3.8) is 0 Å². The van der Waals surface area contributed by atoms with Gasteiger partial charge in [0.2, 0.25) is 5.91 Å². The van der Waals surface area contributed by atoms with Crippen LogP contribution in [-0.4, -0.2) is 34.3 Å². The molecule has 24 heavy (non-hydrogen) atoms. The highest BCUT2D eigenvalue weighted by Gasteiger charge is 2.29. The average molecular weight is 329 g/mol. The molecule has 0 aliphatic carbocycles. The molecule has 1 aliphatic rings. The molecule has 0 unspecified atom stereocenters. The molecule has 1 aromatic carbocycles. The number of primary amides is 1. The number of carbonyl (C=O) groups excluding carboxylic acids is 1. The van der Waals surface area contributed by atoms with Crippen molar-refractivity contribution in [2.45, 2.75) is 38.8 Å². The van der Waals surface area contributed by atoms with Gasteiger partial charge in [0.05, 0.1) is 18.7 Å². The Morgan fingerprint density at radius 1 is 1.42 bits per heavy atom. The molecule has 2 heterocycles. The largest absolute Gasteiger partial charge is 0.478 e. The Morgan fingerprint density at radius 2 is 2.21 bits per heavy atom. The molecule has 0 saturated carbocycles. The van der Waals surface area contributed by atoms with Crippen LogP contribution in [0.2, 0.25) is 0 Å². The third kappa shape index (κ3) is 3.34. The number of aryl methyl sites for hydroxylation is 1. The maximum absolute atomic E-state index is 11.2. The van der Waals surface area contributed by atoms with E-state index >= 15 is 0 Å². The number of unbranched alkanes of at least 4 members (excludes halogenated alkanes) is 1. The zero-order valence-corrected chi connectivity index (χ0v) is 14.1. The maximum atomic E-state index is 11.2. The first-order valence-corrected chi connectivity index (χ1v) is 8.27. The highest BCUT2D eigenvalue weighted by molar-refractivity contribution is 5.75. The van der Waals surface area contributed by atoms with E-state index in [0.29, 0.717) is 12.4 Å². The van der Waals surface area contributed by atoms with Crippen molar-refractivity contribution < 1.29 is 9.53 Å². The molecule has 3 rings (SSSR count). The van der Waals surface area contributed by atoms with Gasteiger partial charge in [-0.15, -0.1) is 0 Å². The Kier molecular flexibility index (Phi) is 4.69. The normalized spacial score (nSPS) is 16.6. The van der Waals surface area contributed by atoms with Gasteiger partial charge < -0.3 is 15.4 Å². The van der Waals surface area contributed by atoms with Crippen LogP contribution in [0.5, 0.6) is 5.75 Å². The summed E-state index contributed by atoms with van der Waals surface area (Å²) in [7, 11) is 2.03. The van der Waals surface area contributed by atoms with Crippen LogP contribution >= 0.6 is 0 Å². The number of hydrogen-bond acceptors (Lipinski definition) is 5. The van der Waals surface area contributed by atoms with E-state index in [2.05, 4.69) is 21.9 Å². The summed E-state index contributed by atoms with van der Waals surface area (Å²) in [6.07, 6.45) is 1.87. The number of amides is 1. The minimum absolute atomic E-state index is 0.0469. The standard InChI is InChI=1S/C17H23N5O2/c1-3-4-9-22-17(19-16(20-22)10-15(18)23)14-11-21(2)12-7-5-6-8-13(12)24-14/h5-8,14H,3-4,9-11H2,1-2H3,(H2,18,23)/t14-/m0/s1. The van der Waals surface area contributed by atoms with E-state index < -0.39 is 5.91 Å². The number of rotatable bonds is 6. The van der Waals surface area contributed by atoms with Crippen LogP contribution < -0.4 is 15.4 Å². The minimum Gasteiger partial charge on any atom is -0.478 e. The smallest absolute Gasteiger partial charge is 0.225 e. The monoisotopic (exact) mass is 329 g/mol. The third-order valence-electron chi connectivity index (χ3n) is 4.07. The van der Waals surface area contributed by atoms with Crippen molar-refractivity contribution in [3.05, 3.63) is 35.9 Å². The number of likely N-dealkylation sites (N-methyl/N-ethyl adjacent to an activating group) is 1. The minimum atomic E-state index is -0.429. The fraction of sp³-hybridized carbons (Fsp3) is 0.471. The van der Waals surface area contributed by atoms with Crippen molar-refractivity contribution in [1.29, 1.82) is 0 Å². The van der Waals surface area contributed by atoms with E-state index in [4.69, 9.17) is 10.5 Å². The Labute approximate surface area is 141 Å². The van der Waals surface area contributed by atoms with E-state index in [-0.39, 0.29) is 12.5 Å². The van der Waals surface area contributed by atoms with Crippen LogP contribution in [0.25, 0.3) is 0 Å². The molecule has 0 spiro atoms. The summed E-state index contributed by atoms with van der Waals surface area (Å²) in [5.74, 6) is 1.61. The number of carbonyl (C=O) groups is 1. The van der Waals surface area contributed by atoms with Gasteiger partial charge in [-0.05, 0) is 18.6 Å². The number of hydrogen-bond donors (Lipinski definition) is 1. The van der Waals surface area contributed by atoms with E-state index in [1.54, 1.807) is 0 Å². The van der Waals surface area contributed by atoms with Gasteiger partial charge in [0.15, 0.2) is 17.8 Å². The zero-order valence-electron chi connectivity index (χ0n) is 14.1. The second kappa shape index (κ2) is 6.90. The van der Waals surface area contributed by atoms with Crippen molar-refractivity contribution in [3.8, 4) is 5.75 Å². The molecular formula is C17H23N5O2. The summed E-state index contributed by atoms with van der Waals surface area (Å²) >= 11 is 0. The number of nitrogens with zero attached hydrogens (tertiary/aromatic N) is 4. The van der Waals surface area contributed by atoms with Crippen LogP contribution in [0.15, 0.2) is 24.3 Å². The molecule has 128 valence electrons. The number of ether oxygens (including phenoxy) is 1. The number of anilines is 1. The SMILES string of the molecule is CCCCn1nc(CC(N)=O)nc1[C@@H]1CN(C)c2ccccc2O1. The lowest BCUT2D eigenvalue weighted by Crippen LogP contribution is -2.33. The van der Waals surface area contributed by atoms with Gasteiger partial charge in [-0.25, -0.2) is 9.67 Å². The first-order valence-electron chi connectivity index (χ1n) is 8.27. The van der Waals surface area contributed by atoms with Gasteiger partial charge in [0.1, 0.15) is 5.75 Å². The second-order valence-electron chi connectivity index (χ2n) is 6.06. The molecule has 0 saturated heterocycles. The molecule has 2 aromatic rings. The predicted octanol–water partition coefficient (Wildman–Crippen LogP) is 1.68. The van der Waals surface area contributed by atoms with Crippen LogP contribution in [0, 0.1) is 0 Å². The van der Waals surface area contributed by atoms with Crippen molar-refractivity contribution in [2.75, 3.05) is 18.5 Å². The molecule has 7 heteroatoms. The van der Waals surface area contributed by atoms with Crippen LogP contribution in [0.3, 0.4) is 0 Å². The van der Waals surface area contributed by atoms with Crippen molar-refractivity contribution in [2.24, 2.45) is 5.73 Å². The topological polar surface area (TPSA) is 86.3 Å². The predicted molar refractivity (Wildman–Crippen MR) is 90.9 cm³/mol. The van der Waals surface area contributed by atoms with Crippen LogP contribution in [-0.2, 0) is 17.8 Å². The number of aromatic nitrogens is 3. The van der Waals surface area contributed by atoms with E-state index in [1.165, 1.54) is 0 Å². The highest BCUT2D eigenvalue weighted by Crippen LogP contribution is 2.36. The molecule has 0 radical (unpaired) electrons. The lowest BCUT2D eigenvalue weighted by molar-refractivity contribution is -0.117. The molecule has 1 aromatic heterocycles. The quantitative estimate of drug-likeness (QED) is 0.871. The van der Waals surface area contributed by atoms with Gasteiger partial charge in [0.25, 0.3) is 0 Å². The van der Waals surface area contributed by atoms with Gasteiger partial charge in [-0.2, -0.15) is 5.10 Å². The summed E-state index contributed by atoms with van der Waals surface area (Å²) in [5, 5.41) is 4.45. The molecule has 0 fully saturated rings. The van der Waals surface area contributed by atoms with Crippen LogP contribution in [0.1, 0.15) is 37.5 Å². The molecule has 7 nitrogen and oxygen atoms in total. The summed E-state index contributed by atoms with van der Waals surface area (Å²) < 4.78 is 8.00. The molecule has 0 bridgehead atoms. The summed E-state index contributed by atoms with van der Waals surface area (Å²) in [6, 6.07) is 7.93. The van der Waals surface area contributed by atoms with Gasteiger partial charge in [-0.1, -0.05) is 25.5 Å². The Morgan fingerprint density at radius 3 is 2.96 bits per heavy atom. The van der Waals surface area contributed by atoms with Crippen molar-refractivity contribution in [1.82, 2.24) is 14.8 Å². The number of fused-ring (bicyclic) bond motifs is 1. The lowest BCUT2D eigenvalue weighted by Gasteiger charge is -2.33. The fourth-order valence-electron chi connectivity index (χ4n) is 2.89. The maximum Gasteiger partial charge on any atom is 0.225 e. The van der Waals surface area contributed by atoms with E-state index in [0.717, 1.165) is 36.6 Å². The van der Waals surface area contributed by atoms with E-state index in [1.807, 2.05) is 36.0 Å². The summed E-state index contributed by atoms with van der Waals surface area (Å²) in [5.41, 5.74) is 6.34. The van der Waals surface area contributed by atoms with Gasteiger partial charge in [0, 0.05) is 13.6 Å². The third-order valence-corrected chi connectivity index (χ3v) is 4.07. The second-order valence-corrected chi connectivity index (χ2v) is 6.06. The Hall–Kier alpha value is -2.57. The Balaban J connectivity index is 1.90. The summed E-state index contributed by atoms with van der Waals surface area (Å²) in [6.45, 7) is 3.56. The first-order chi connectivity index (χ1) is 11.6. The van der Waals surface area contributed by atoms with E-state index in [9.17, 15) is 4.79 Å². The van der Waals surface area contributed by atoms with Gasteiger partial charge in [-0.3, -0.25) is 4.79 Å². The molecule has 1 amide bonds. The number of para-hydroxylation sites is 2. The molecular weight excluding hydrogens is 306 g/mol. The average Bonchev–Trinajstić information content (AvgIpc) is 2.95. The zero-order chi connectivity index (χ0) is 17.1. The highest BCUT2D eigenvalue weighted by atomic mass is 16.5. The van der Waals surface area contributed by atoms with Crippen LogP contribution in [0.4, 0.5) is 5.69 Å². The molecule has 2 N–H and O–H groups in total. The van der Waals surface area contributed by atoms with Gasteiger partial charge >= 0.3 is 0 Å². The fourth-order valence-corrected chi connectivity index (χ4v) is 2.89. The lowest BCUT2D eigenvalue weighted by atomic mass is 10.2. The van der Waals surface area contributed by atoms with Crippen molar-refractivity contribution >= 4 is 11.6 Å².